The number of aromatic hydroxyl groups is 1. The third-order valence-electron chi connectivity index (χ3n) is 6.35. The molecule has 4 aromatic rings. The average molecular weight is 505 g/mol. The molecule has 8 heteroatoms. The second-order valence-corrected chi connectivity index (χ2v) is 8.86. The second-order valence-electron chi connectivity index (χ2n) is 8.86. The lowest BCUT2D eigenvalue weighted by atomic mass is 10.0. The zero-order chi connectivity index (χ0) is 26.8. The molecule has 1 aliphatic heterocycles. The summed E-state index contributed by atoms with van der Waals surface area (Å²) in [6, 6.07) is 26.2. The number of hydrogen-bond donors (Lipinski definition) is 3. The van der Waals surface area contributed by atoms with Crippen LogP contribution >= 0.6 is 0 Å². The number of aromatic carboxylic acids is 1. The van der Waals surface area contributed by atoms with Crippen LogP contribution in [-0.4, -0.2) is 33.5 Å². The molecule has 0 saturated heterocycles. The molecule has 0 fully saturated rings. The number of hydrogen-bond acceptors (Lipinski definition) is 6. The molecule has 1 amide bonds. The molecule has 0 aliphatic carbocycles. The maximum atomic E-state index is 13.5. The standard InChI is InChI=1S/C30H24N4O4/c1-18-14-15-23(16-19(18)2)34-29(36)27(26(33-34)20-8-4-3-5-9-20)32-31-25-13-7-12-24(28(25)35)21-10-6-11-22(17-21)30(37)38/h3-17,31,35H,1-2H3,(H,37,38). The first-order chi connectivity index (χ1) is 18.3. The molecule has 0 spiro atoms. The van der Waals surface area contributed by atoms with Crippen LogP contribution in [0, 0.1) is 13.8 Å². The van der Waals surface area contributed by atoms with Crippen LogP contribution in [0.25, 0.3) is 11.1 Å². The molecule has 0 radical (unpaired) electrons. The summed E-state index contributed by atoms with van der Waals surface area (Å²) in [6.45, 7) is 3.97. The summed E-state index contributed by atoms with van der Waals surface area (Å²) in [5.74, 6) is -1.61. The Hall–Kier alpha value is -5.24. The van der Waals surface area contributed by atoms with E-state index in [2.05, 4.69) is 15.6 Å². The van der Waals surface area contributed by atoms with E-state index < -0.39 is 11.9 Å². The monoisotopic (exact) mass is 504 g/mol. The van der Waals surface area contributed by atoms with Crippen LogP contribution in [-0.2, 0) is 4.79 Å². The summed E-state index contributed by atoms with van der Waals surface area (Å²) in [4.78, 5) is 24.9. The number of phenols is 1. The Bertz CT molecular complexity index is 1630. The largest absolute Gasteiger partial charge is 0.505 e. The molecule has 1 heterocycles. The zero-order valence-electron chi connectivity index (χ0n) is 20.7. The number of amides is 1. The van der Waals surface area contributed by atoms with E-state index in [9.17, 15) is 19.8 Å². The molecule has 0 atom stereocenters. The summed E-state index contributed by atoms with van der Waals surface area (Å²) < 4.78 is 0. The third-order valence-corrected chi connectivity index (χ3v) is 6.35. The summed E-state index contributed by atoms with van der Waals surface area (Å²) >= 11 is 0. The molecule has 38 heavy (non-hydrogen) atoms. The molecule has 0 saturated carbocycles. The number of para-hydroxylation sites is 1. The van der Waals surface area contributed by atoms with Gasteiger partial charge in [0.05, 0.1) is 16.9 Å². The van der Waals surface area contributed by atoms with Crippen molar-refractivity contribution in [3.05, 3.63) is 113 Å². The molecule has 188 valence electrons. The molecule has 0 aromatic heterocycles. The Kier molecular flexibility index (Phi) is 6.45. The first kappa shape index (κ1) is 24.5. The Labute approximate surface area is 219 Å². The second kappa shape index (κ2) is 10.0. The predicted octanol–water partition coefficient (Wildman–Crippen LogP) is 5.59. The molecular formula is C30H24N4O4. The smallest absolute Gasteiger partial charge is 0.335 e. The number of phenolic OH excluding ortho intramolecular Hbond substituents is 1. The van der Waals surface area contributed by atoms with Crippen LogP contribution in [0.15, 0.2) is 101 Å². The van der Waals surface area contributed by atoms with Gasteiger partial charge in [0.15, 0.2) is 5.71 Å². The quantitative estimate of drug-likeness (QED) is 0.234. The fraction of sp³-hybridized carbons (Fsp3) is 0.0667. The van der Waals surface area contributed by atoms with Gasteiger partial charge in [0.1, 0.15) is 11.5 Å². The van der Waals surface area contributed by atoms with Crippen molar-refractivity contribution in [1.29, 1.82) is 0 Å². The first-order valence-electron chi connectivity index (χ1n) is 11.9. The van der Waals surface area contributed by atoms with Gasteiger partial charge in [-0.15, -0.1) is 0 Å². The van der Waals surface area contributed by atoms with Crippen LogP contribution < -0.4 is 10.4 Å². The van der Waals surface area contributed by atoms with Crippen molar-refractivity contribution in [1.82, 2.24) is 0 Å². The fourth-order valence-electron chi connectivity index (χ4n) is 4.12. The van der Waals surface area contributed by atoms with Crippen LogP contribution in [0.3, 0.4) is 0 Å². The Balaban J connectivity index is 1.52. The van der Waals surface area contributed by atoms with E-state index in [-0.39, 0.29) is 22.7 Å². The number of carboxylic acid groups (broad SMARTS) is 1. The van der Waals surface area contributed by atoms with Gasteiger partial charge in [-0.25, -0.2) is 4.79 Å². The molecule has 0 unspecified atom stereocenters. The lowest BCUT2D eigenvalue weighted by molar-refractivity contribution is -0.112. The number of carbonyl (C=O) groups is 2. The molecular weight excluding hydrogens is 480 g/mol. The minimum atomic E-state index is -1.06. The highest BCUT2D eigenvalue weighted by Crippen LogP contribution is 2.36. The van der Waals surface area contributed by atoms with E-state index in [0.29, 0.717) is 22.5 Å². The van der Waals surface area contributed by atoms with E-state index >= 15 is 0 Å². The van der Waals surface area contributed by atoms with E-state index in [1.165, 1.54) is 17.1 Å². The van der Waals surface area contributed by atoms with Gasteiger partial charge in [-0.2, -0.15) is 15.2 Å². The van der Waals surface area contributed by atoms with Crippen molar-refractivity contribution in [2.75, 3.05) is 10.4 Å². The highest BCUT2D eigenvalue weighted by atomic mass is 16.4. The number of carbonyl (C=O) groups excluding carboxylic acids is 1. The number of benzene rings is 4. The number of hydrazone groups is 2. The summed E-state index contributed by atoms with van der Waals surface area (Å²) in [5, 5.41) is 30.6. The third kappa shape index (κ3) is 4.62. The molecule has 4 aromatic carbocycles. The number of carboxylic acids is 1. The minimum absolute atomic E-state index is 0.0899. The van der Waals surface area contributed by atoms with Crippen LogP contribution in [0.1, 0.15) is 27.0 Å². The fourth-order valence-corrected chi connectivity index (χ4v) is 4.12. The van der Waals surface area contributed by atoms with Crippen molar-refractivity contribution in [3.63, 3.8) is 0 Å². The SMILES string of the molecule is Cc1ccc(N2N=C(c3ccccc3)C(=NNc3cccc(-c4cccc(C(=O)O)c4)c3O)C2=O)cc1C. The number of nitrogens with one attached hydrogen (secondary N) is 1. The lowest BCUT2D eigenvalue weighted by Crippen LogP contribution is -2.28. The van der Waals surface area contributed by atoms with E-state index in [4.69, 9.17) is 0 Å². The number of anilines is 2. The molecule has 3 N–H and O–H groups in total. The molecule has 0 bridgehead atoms. The molecule has 5 rings (SSSR count). The normalized spacial score (nSPS) is 14.1. The topological polar surface area (TPSA) is 115 Å². The Morgan fingerprint density at radius 3 is 2.34 bits per heavy atom. The zero-order valence-corrected chi connectivity index (χ0v) is 20.7. The average Bonchev–Trinajstić information content (AvgIpc) is 3.26. The van der Waals surface area contributed by atoms with Gasteiger partial charge < -0.3 is 10.2 Å². The Morgan fingerprint density at radius 1 is 0.868 bits per heavy atom. The van der Waals surface area contributed by atoms with Crippen molar-refractivity contribution in [2.24, 2.45) is 10.2 Å². The maximum absolute atomic E-state index is 13.5. The maximum Gasteiger partial charge on any atom is 0.335 e. The number of rotatable bonds is 6. The van der Waals surface area contributed by atoms with Gasteiger partial charge in [-0.1, -0.05) is 60.7 Å². The van der Waals surface area contributed by atoms with Crippen molar-refractivity contribution in [3.8, 4) is 16.9 Å². The van der Waals surface area contributed by atoms with Gasteiger partial charge in [0.2, 0.25) is 0 Å². The van der Waals surface area contributed by atoms with Gasteiger partial charge in [-0.3, -0.25) is 10.2 Å². The first-order valence-corrected chi connectivity index (χ1v) is 11.9. The summed E-state index contributed by atoms with van der Waals surface area (Å²) in [5.41, 5.74) is 8.09. The summed E-state index contributed by atoms with van der Waals surface area (Å²) in [6.07, 6.45) is 0. The van der Waals surface area contributed by atoms with Gasteiger partial charge in [-0.05, 0) is 60.9 Å². The van der Waals surface area contributed by atoms with E-state index in [0.717, 1.165) is 16.7 Å². The van der Waals surface area contributed by atoms with Crippen molar-refractivity contribution < 1.29 is 19.8 Å². The highest BCUT2D eigenvalue weighted by Gasteiger charge is 2.34. The van der Waals surface area contributed by atoms with Crippen molar-refractivity contribution >= 4 is 34.7 Å². The van der Waals surface area contributed by atoms with Crippen molar-refractivity contribution in [2.45, 2.75) is 13.8 Å². The summed E-state index contributed by atoms with van der Waals surface area (Å²) in [7, 11) is 0. The van der Waals surface area contributed by atoms with Gasteiger partial charge in [0, 0.05) is 11.1 Å². The van der Waals surface area contributed by atoms with Gasteiger partial charge in [0.25, 0.3) is 0 Å². The number of aryl methyl sites for hydroxylation is 2. The molecule has 8 nitrogen and oxygen atoms in total. The van der Waals surface area contributed by atoms with Crippen LogP contribution in [0.4, 0.5) is 11.4 Å². The lowest BCUT2D eigenvalue weighted by Gasteiger charge is -2.13. The molecule has 1 aliphatic rings. The Morgan fingerprint density at radius 2 is 1.61 bits per heavy atom. The minimum Gasteiger partial charge on any atom is -0.505 e. The highest BCUT2D eigenvalue weighted by molar-refractivity contribution is 6.74. The van der Waals surface area contributed by atoms with Crippen LogP contribution in [0.5, 0.6) is 5.75 Å². The predicted molar refractivity (Wildman–Crippen MR) is 148 cm³/mol. The van der Waals surface area contributed by atoms with Crippen LogP contribution in [0.2, 0.25) is 0 Å². The van der Waals surface area contributed by atoms with E-state index in [1.807, 2.05) is 62.4 Å². The number of nitrogens with zero attached hydrogens (tertiary/aromatic N) is 3. The van der Waals surface area contributed by atoms with Gasteiger partial charge >= 0.3 is 11.9 Å². The van der Waals surface area contributed by atoms with E-state index in [1.54, 1.807) is 30.3 Å².